The van der Waals surface area contributed by atoms with Gasteiger partial charge < -0.3 is 20.1 Å². The quantitative estimate of drug-likeness (QED) is 0.292. The highest BCUT2D eigenvalue weighted by atomic mass is 19.1. The van der Waals surface area contributed by atoms with Crippen molar-refractivity contribution in [3.63, 3.8) is 0 Å². The Bertz CT molecular complexity index is 1690. The molecule has 11 heteroatoms. The van der Waals surface area contributed by atoms with Gasteiger partial charge in [0, 0.05) is 18.5 Å². The number of esters is 2. The lowest BCUT2D eigenvalue weighted by Gasteiger charge is -2.19. The number of rotatable bonds is 8. The van der Waals surface area contributed by atoms with Crippen molar-refractivity contribution in [2.24, 2.45) is 0 Å². The molecule has 3 aromatic carbocycles. The number of nitrogen functional groups attached to an aromatic ring is 1. The van der Waals surface area contributed by atoms with E-state index in [-0.39, 0.29) is 37.2 Å². The van der Waals surface area contributed by atoms with Crippen LogP contribution in [0.5, 0.6) is 0 Å². The zero-order valence-electron chi connectivity index (χ0n) is 24.1. The van der Waals surface area contributed by atoms with Crippen molar-refractivity contribution in [3.8, 4) is 11.1 Å². The van der Waals surface area contributed by atoms with Gasteiger partial charge in [-0.3, -0.25) is 19.7 Å². The van der Waals surface area contributed by atoms with Crippen LogP contribution in [0.3, 0.4) is 0 Å². The highest BCUT2D eigenvalue weighted by Gasteiger charge is 2.27. The summed E-state index contributed by atoms with van der Waals surface area (Å²) < 4.78 is 25.0. The predicted octanol–water partition coefficient (Wildman–Crippen LogP) is 4.15. The molecule has 0 unspecified atom stereocenters. The Morgan fingerprint density at radius 3 is 2.35 bits per heavy atom. The number of benzene rings is 3. The number of nitrogens with zero attached hydrogens (tertiary/aromatic N) is 3. The predicted molar refractivity (Wildman–Crippen MR) is 158 cm³/mol. The second kappa shape index (κ2) is 12.1. The topological polar surface area (TPSA) is 137 Å². The molecule has 5 rings (SSSR count). The average Bonchev–Trinajstić information content (AvgIpc) is 3.39. The lowest BCUT2D eigenvalue weighted by molar-refractivity contribution is -0.153. The molecule has 1 amide bonds. The highest BCUT2D eigenvalue weighted by Crippen LogP contribution is 2.31. The van der Waals surface area contributed by atoms with Crippen molar-refractivity contribution < 1.29 is 28.2 Å². The van der Waals surface area contributed by atoms with Gasteiger partial charge in [-0.05, 0) is 72.9 Å². The molecule has 2 heterocycles. The van der Waals surface area contributed by atoms with Crippen molar-refractivity contribution in [2.45, 2.75) is 46.1 Å². The molecule has 0 fully saturated rings. The van der Waals surface area contributed by atoms with Crippen molar-refractivity contribution >= 4 is 34.7 Å². The van der Waals surface area contributed by atoms with E-state index in [1.54, 1.807) is 43.9 Å². The number of carbonyl (C=O) groups excluding carboxylic acids is 3. The van der Waals surface area contributed by atoms with E-state index in [4.69, 9.17) is 15.2 Å². The molecule has 0 radical (unpaired) electrons. The molecular formula is C32H32FN5O5. The second-order valence-electron chi connectivity index (χ2n) is 11.2. The molecule has 0 aliphatic carbocycles. The molecular weight excluding hydrogens is 553 g/mol. The zero-order valence-corrected chi connectivity index (χ0v) is 24.1. The number of aromatic nitrogens is 2. The molecule has 1 aromatic heterocycles. The third-order valence-corrected chi connectivity index (χ3v) is 6.77. The van der Waals surface area contributed by atoms with Gasteiger partial charge in [-0.15, -0.1) is 0 Å². The van der Waals surface area contributed by atoms with E-state index >= 15 is 0 Å². The first-order valence-corrected chi connectivity index (χ1v) is 13.8. The van der Waals surface area contributed by atoms with Crippen LogP contribution in [0.1, 0.15) is 48.0 Å². The summed E-state index contributed by atoms with van der Waals surface area (Å²) >= 11 is 0. The number of halogens is 1. The van der Waals surface area contributed by atoms with Crippen molar-refractivity contribution in [1.82, 2.24) is 20.2 Å². The van der Waals surface area contributed by atoms with Crippen LogP contribution in [0, 0.1) is 5.82 Å². The monoisotopic (exact) mass is 585 g/mol. The molecule has 0 atom stereocenters. The molecule has 0 saturated carbocycles. The van der Waals surface area contributed by atoms with E-state index in [1.807, 2.05) is 24.3 Å². The van der Waals surface area contributed by atoms with Crippen LogP contribution in [0.25, 0.3) is 22.0 Å². The van der Waals surface area contributed by atoms with Gasteiger partial charge in [-0.25, -0.2) is 14.4 Å². The van der Waals surface area contributed by atoms with E-state index in [0.717, 1.165) is 11.1 Å². The number of amides is 1. The first kappa shape index (κ1) is 29.6. The Kier molecular flexibility index (Phi) is 8.36. The summed E-state index contributed by atoms with van der Waals surface area (Å²) in [6.07, 6.45) is 0. The summed E-state index contributed by atoms with van der Waals surface area (Å²) in [4.78, 5) is 48.1. The normalized spacial score (nSPS) is 12.7. The maximum absolute atomic E-state index is 14.4. The fourth-order valence-electron chi connectivity index (χ4n) is 4.90. The van der Waals surface area contributed by atoms with E-state index < -0.39 is 23.4 Å². The number of hydrogen-bond acceptors (Lipinski definition) is 9. The number of anilines is 1. The van der Waals surface area contributed by atoms with Gasteiger partial charge in [0.25, 0.3) is 5.91 Å². The summed E-state index contributed by atoms with van der Waals surface area (Å²) in [5, 5.41) is 3.16. The van der Waals surface area contributed by atoms with Crippen LogP contribution in [-0.4, -0.2) is 51.4 Å². The van der Waals surface area contributed by atoms with Gasteiger partial charge in [0.05, 0.1) is 18.6 Å². The zero-order chi connectivity index (χ0) is 30.7. The Labute approximate surface area is 248 Å². The maximum atomic E-state index is 14.4. The van der Waals surface area contributed by atoms with Crippen LogP contribution in [-0.2, 0) is 38.8 Å². The molecule has 222 valence electrons. The molecule has 43 heavy (non-hydrogen) atoms. The fourth-order valence-corrected chi connectivity index (χ4v) is 4.90. The number of nitrogens with one attached hydrogen (secondary N) is 1. The Balaban J connectivity index is 1.35. The third kappa shape index (κ3) is 7.12. The van der Waals surface area contributed by atoms with Crippen LogP contribution >= 0.6 is 0 Å². The minimum atomic E-state index is -0.631. The largest absolute Gasteiger partial charge is 0.460 e. The van der Waals surface area contributed by atoms with Gasteiger partial charge in [0.1, 0.15) is 23.7 Å². The summed E-state index contributed by atoms with van der Waals surface area (Å²) in [7, 11) is 0. The average molecular weight is 586 g/mol. The highest BCUT2D eigenvalue weighted by molar-refractivity contribution is 6.06. The number of ether oxygens (including phenoxy) is 2. The minimum Gasteiger partial charge on any atom is -0.460 e. The minimum absolute atomic E-state index is 0.0288. The van der Waals surface area contributed by atoms with Crippen molar-refractivity contribution in [2.75, 3.05) is 18.8 Å². The molecule has 0 spiro atoms. The molecule has 3 N–H and O–H groups in total. The molecule has 1 aliphatic rings. The second-order valence-corrected chi connectivity index (χ2v) is 11.2. The summed E-state index contributed by atoms with van der Waals surface area (Å²) in [6.45, 7) is 5.66. The molecule has 1 aliphatic heterocycles. The van der Waals surface area contributed by atoms with E-state index in [1.165, 1.54) is 18.2 Å². The first-order valence-electron chi connectivity index (χ1n) is 13.8. The maximum Gasteiger partial charge on any atom is 0.320 e. The van der Waals surface area contributed by atoms with Gasteiger partial charge in [-0.2, -0.15) is 0 Å². The summed E-state index contributed by atoms with van der Waals surface area (Å²) in [6, 6.07) is 17.1. The Morgan fingerprint density at radius 1 is 0.953 bits per heavy atom. The van der Waals surface area contributed by atoms with Gasteiger partial charge >= 0.3 is 11.9 Å². The number of carbonyl (C=O) groups is 3. The third-order valence-electron chi connectivity index (χ3n) is 6.77. The Morgan fingerprint density at radius 2 is 1.65 bits per heavy atom. The molecule has 0 saturated heterocycles. The van der Waals surface area contributed by atoms with Crippen LogP contribution in [0.4, 0.5) is 10.3 Å². The molecule has 0 bridgehead atoms. The Hall–Kier alpha value is -4.90. The first-order chi connectivity index (χ1) is 20.5. The van der Waals surface area contributed by atoms with Gasteiger partial charge in [0.2, 0.25) is 5.95 Å². The van der Waals surface area contributed by atoms with Crippen LogP contribution < -0.4 is 11.1 Å². The lowest BCUT2D eigenvalue weighted by Crippen LogP contribution is -2.34. The molecule has 10 nitrogen and oxygen atoms in total. The van der Waals surface area contributed by atoms with Crippen molar-refractivity contribution in [3.05, 3.63) is 88.9 Å². The summed E-state index contributed by atoms with van der Waals surface area (Å²) in [5.74, 6) is -1.89. The molecule has 4 aromatic rings. The standard InChI is InChI=1S/C32H32FN5O5/c1-32(2,3)43-28(40)15-35-14-27(39)42-18-22-8-10-23(33)13-24(22)19-9-11-26-25(12-19)29(37-31(34)36-26)30(41)38-16-20-6-4-5-7-21(20)17-38/h4-13,35H,14-18H2,1-3H3,(H2,34,36,37). The van der Waals surface area contributed by atoms with E-state index in [9.17, 15) is 18.8 Å². The van der Waals surface area contributed by atoms with Crippen LogP contribution in [0.2, 0.25) is 0 Å². The number of fused-ring (bicyclic) bond motifs is 2. The van der Waals surface area contributed by atoms with E-state index in [2.05, 4.69) is 15.3 Å². The number of nitrogens with two attached hydrogens (primary N) is 1. The van der Waals surface area contributed by atoms with Crippen molar-refractivity contribution in [1.29, 1.82) is 0 Å². The smallest absolute Gasteiger partial charge is 0.320 e. The van der Waals surface area contributed by atoms with Gasteiger partial charge in [-0.1, -0.05) is 36.4 Å². The number of hydrogen-bond donors (Lipinski definition) is 2. The summed E-state index contributed by atoms with van der Waals surface area (Å²) in [5.41, 5.74) is 9.69. The fraction of sp³-hybridized carbons (Fsp3) is 0.281. The lowest BCUT2D eigenvalue weighted by atomic mass is 9.97. The van der Waals surface area contributed by atoms with Crippen LogP contribution in [0.15, 0.2) is 60.7 Å². The van der Waals surface area contributed by atoms with E-state index in [0.29, 0.717) is 40.7 Å². The van der Waals surface area contributed by atoms with Gasteiger partial charge in [0.15, 0.2) is 0 Å². The SMILES string of the molecule is CC(C)(C)OC(=O)CNCC(=O)OCc1ccc(F)cc1-c1ccc2nc(N)nc(C(=O)N3Cc4ccccc4C3)c2c1.